The minimum Gasteiger partial charge on any atom is -0.435 e. The van der Waals surface area contributed by atoms with Gasteiger partial charge in [-0.15, -0.1) is 0 Å². The van der Waals surface area contributed by atoms with Crippen LogP contribution >= 0.6 is 15.9 Å². The Morgan fingerprint density at radius 3 is 2.95 bits per heavy atom. The maximum Gasteiger partial charge on any atom is 0.223 e. The molecule has 0 bridgehead atoms. The predicted molar refractivity (Wildman–Crippen MR) is 81.9 cm³/mol. The van der Waals surface area contributed by atoms with Gasteiger partial charge >= 0.3 is 0 Å². The first-order valence-corrected chi connectivity index (χ1v) is 7.57. The van der Waals surface area contributed by atoms with Crippen LogP contribution in [-0.4, -0.2) is 21.3 Å². The van der Waals surface area contributed by atoms with E-state index in [9.17, 15) is 0 Å². The molecule has 2 heterocycles. The molecule has 0 spiro atoms. The summed E-state index contributed by atoms with van der Waals surface area (Å²) in [6.45, 7) is 6.71. The molecule has 0 unspecified atom stereocenters. The number of pyridine rings is 1. The molecule has 0 saturated heterocycles. The largest absolute Gasteiger partial charge is 0.435 e. The molecule has 20 heavy (non-hydrogen) atoms. The molecule has 2 aromatic rings. The molecule has 0 saturated carbocycles. The molecule has 6 heteroatoms. The number of halogens is 1. The predicted octanol–water partition coefficient (Wildman–Crippen LogP) is 3.35. The monoisotopic (exact) mass is 338 g/mol. The second kappa shape index (κ2) is 7.40. The van der Waals surface area contributed by atoms with E-state index >= 15 is 0 Å². The van der Waals surface area contributed by atoms with Crippen LogP contribution in [0.15, 0.2) is 29.1 Å². The zero-order chi connectivity index (χ0) is 14.4. The second-order valence-electron chi connectivity index (χ2n) is 4.44. The van der Waals surface area contributed by atoms with Gasteiger partial charge in [0.1, 0.15) is 0 Å². The number of rotatable bonds is 7. The summed E-state index contributed by atoms with van der Waals surface area (Å²) in [7, 11) is 0. The highest BCUT2D eigenvalue weighted by atomic mass is 79.9. The molecule has 2 aromatic heterocycles. The van der Waals surface area contributed by atoms with Crippen molar-refractivity contribution in [1.29, 1.82) is 0 Å². The lowest BCUT2D eigenvalue weighted by Crippen LogP contribution is -2.12. The third kappa shape index (κ3) is 4.05. The third-order valence-corrected chi connectivity index (χ3v) is 3.17. The number of hydrogen-bond acceptors (Lipinski definition) is 4. The zero-order valence-electron chi connectivity index (χ0n) is 11.8. The molecule has 108 valence electrons. The van der Waals surface area contributed by atoms with Crippen molar-refractivity contribution >= 4 is 15.9 Å². The van der Waals surface area contributed by atoms with E-state index in [0.29, 0.717) is 11.6 Å². The Kier molecular flexibility index (Phi) is 5.55. The standard InChI is InChI=1S/C14H19BrN4O/c1-3-5-19-10-13(9-18-19)20-14-11(7-16-4-2)6-12(15)8-17-14/h6,8-10,16H,3-5,7H2,1-2H3. The fourth-order valence-corrected chi connectivity index (χ4v) is 2.19. The van der Waals surface area contributed by atoms with Crippen LogP contribution in [0.2, 0.25) is 0 Å². The van der Waals surface area contributed by atoms with Gasteiger partial charge in [-0.3, -0.25) is 4.68 Å². The summed E-state index contributed by atoms with van der Waals surface area (Å²) in [4.78, 5) is 4.34. The Morgan fingerprint density at radius 1 is 1.35 bits per heavy atom. The molecule has 0 amide bonds. The summed E-state index contributed by atoms with van der Waals surface area (Å²) in [6, 6.07) is 2.02. The Bertz CT molecular complexity index is 556. The Labute approximate surface area is 127 Å². The van der Waals surface area contributed by atoms with Crippen LogP contribution in [0.1, 0.15) is 25.8 Å². The molecule has 0 atom stereocenters. The van der Waals surface area contributed by atoms with Crippen molar-refractivity contribution in [3.05, 3.63) is 34.7 Å². The summed E-state index contributed by atoms with van der Waals surface area (Å²) in [6.07, 6.45) is 6.39. The highest BCUT2D eigenvalue weighted by Gasteiger charge is 2.09. The maximum absolute atomic E-state index is 5.83. The highest BCUT2D eigenvalue weighted by molar-refractivity contribution is 9.10. The number of hydrogen-bond donors (Lipinski definition) is 1. The number of ether oxygens (including phenoxy) is 1. The minimum atomic E-state index is 0.616. The average molecular weight is 339 g/mol. The Balaban J connectivity index is 2.14. The lowest BCUT2D eigenvalue weighted by atomic mass is 10.2. The van der Waals surface area contributed by atoms with E-state index in [1.807, 2.05) is 16.9 Å². The van der Waals surface area contributed by atoms with Crippen molar-refractivity contribution in [2.24, 2.45) is 0 Å². The van der Waals surface area contributed by atoms with Crippen LogP contribution in [0.4, 0.5) is 0 Å². The van der Waals surface area contributed by atoms with E-state index < -0.39 is 0 Å². The third-order valence-electron chi connectivity index (χ3n) is 2.73. The molecule has 0 radical (unpaired) electrons. The van der Waals surface area contributed by atoms with Gasteiger partial charge in [-0.1, -0.05) is 13.8 Å². The number of aryl methyl sites for hydroxylation is 1. The van der Waals surface area contributed by atoms with E-state index in [2.05, 4.69) is 45.2 Å². The summed E-state index contributed by atoms with van der Waals surface area (Å²) in [5.74, 6) is 1.33. The maximum atomic E-state index is 5.83. The molecule has 1 N–H and O–H groups in total. The first-order valence-electron chi connectivity index (χ1n) is 6.78. The van der Waals surface area contributed by atoms with E-state index in [4.69, 9.17) is 4.74 Å². The van der Waals surface area contributed by atoms with Gasteiger partial charge in [-0.05, 0) is 35.0 Å². The van der Waals surface area contributed by atoms with Gasteiger partial charge in [0, 0.05) is 29.3 Å². The Hall–Kier alpha value is -1.40. The summed E-state index contributed by atoms with van der Waals surface area (Å²) < 4.78 is 8.65. The molecular formula is C14H19BrN4O. The van der Waals surface area contributed by atoms with Gasteiger partial charge in [-0.2, -0.15) is 5.10 Å². The van der Waals surface area contributed by atoms with E-state index in [1.165, 1.54) is 0 Å². The molecule has 0 fully saturated rings. The molecular weight excluding hydrogens is 320 g/mol. The van der Waals surface area contributed by atoms with Crippen molar-refractivity contribution in [1.82, 2.24) is 20.1 Å². The number of nitrogens with one attached hydrogen (secondary N) is 1. The van der Waals surface area contributed by atoms with Crippen LogP contribution in [-0.2, 0) is 13.1 Å². The van der Waals surface area contributed by atoms with Crippen LogP contribution in [0.3, 0.4) is 0 Å². The molecule has 0 aliphatic rings. The minimum absolute atomic E-state index is 0.616. The lowest BCUT2D eigenvalue weighted by molar-refractivity contribution is 0.451. The highest BCUT2D eigenvalue weighted by Crippen LogP contribution is 2.25. The summed E-state index contributed by atoms with van der Waals surface area (Å²) in [5, 5.41) is 7.53. The van der Waals surface area contributed by atoms with Gasteiger partial charge in [0.15, 0.2) is 5.75 Å². The van der Waals surface area contributed by atoms with Crippen LogP contribution < -0.4 is 10.1 Å². The molecule has 0 aliphatic heterocycles. The van der Waals surface area contributed by atoms with Gasteiger partial charge in [0.2, 0.25) is 5.88 Å². The van der Waals surface area contributed by atoms with Crippen molar-refractivity contribution in [2.75, 3.05) is 6.54 Å². The molecule has 2 rings (SSSR count). The quantitative estimate of drug-likeness (QED) is 0.841. The van der Waals surface area contributed by atoms with E-state index in [1.54, 1.807) is 12.4 Å². The van der Waals surface area contributed by atoms with Gasteiger partial charge < -0.3 is 10.1 Å². The van der Waals surface area contributed by atoms with Crippen LogP contribution in [0.5, 0.6) is 11.6 Å². The molecule has 5 nitrogen and oxygen atoms in total. The van der Waals surface area contributed by atoms with Gasteiger partial charge in [-0.25, -0.2) is 4.98 Å². The molecule has 0 aromatic carbocycles. The van der Waals surface area contributed by atoms with E-state index in [-0.39, 0.29) is 0 Å². The lowest BCUT2D eigenvalue weighted by Gasteiger charge is -2.09. The molecule has 0 aliphatic carbocycles. The first kappa shape index (κ1) is 15.0. The van der Waals surface area contributed by atoms with Crippen molar-refractivity contribution in [3.63, 3.8) is 0 Å². The van der Waals surface area contributed by atoms with Gasteiger partial charge in [0.25, 0.3) is 0 Å². The van der Waals surface area contributed by atoms with Crippen LogP contribution in [0, 0.1) is 0 Å². The summed E-state index contributed by atoms with van der Waals surface area (Å²) >= 11 is 3.44. The Morgan fingerprint density at radius 2 is 2.20 bits per heavy atom. The van der Waals surface area contributed by atoms with Crippen molar-refractivity contribution < 1.29 is 4.74 Å². The van der Waals surface area contributed by atoms with E-state index in [0.717, 1.165) is 36.1 Å². The van der Waals surface area contributed by atoms with Crippen molar-refractivity contribution in [3.8, 4) is 11.6 Å². The fourth-order valence-electron chi connectivity index (χ4n) is 1.81. The van der Waals surface area contributed by atoms with Crippen LogP contribution in [0.25, 0.3) is 0 Å². The normalized spacial score (nSPS) is 10.8. The van der Waals surface area contributed by atoms with Gasteiger partial charge in [0.05, 0.1) is 12.4 Å². The zero-order valence-corrected chi connectivity index (χ0v) is 13.4. The average Bonchev–Trinajstić information content (AvgIpc) is 2.87. The number of aromatic nitrogens is 3. The van der Waals surface area contributed by atoms with Crippen molar-refractivity contribution in [2.45, 2.75) is 33.4 Å². The SMILES string of the molecule is CCCn1cc(Oc2ncc(Br)cc2CNCC)cn1. The smallest absolute Gasteiger partial charge is 0.223 e. The second-order valence-corrected chi connectivity index (χ2v) is 5.35. The summed E-state index contributed by atoms with van der Waals surface area (Å²) in [5.41, 5.74) is 1.02. The number of nitrogens with zero attached hydrogens (tertiary/aromatic N) is 3. The topological polar surface area (TPSA) is 52.0 Å². The fraction of sp³-hybridized carbons (Fsp3) is 0.429. The first-order chi connectivity index (χ1) is 9.72.